The van der Waals surface area contributed by atoms with Gasteiger partial charge in [0.05, 0.1) is 23.7 Å². The van der Waals surface area contributed by atoms with Gasteiger partial charge in [0.25, 0.3) is 5.56 Å². The molecule has 0 radical (unpaired) electrons. The van der Waals surface area contributed by atoms with Crippen LogP contribution >= 0.6 is 0 Å². The second-order valence-corrected chi connectivity index (χ2v) is 6.39. The average Bonchev–Trinajstić information content (AvgIpc) is 2.41. The third-order valence-electron chi connectivity index (χ3n) is 3.28. The summed E-state index contributed by atoms with van der Waals surface area (Å²) >= 11 is 0. The van der Waals surface area contributed by atoms with E-state index in [1.807, 2.05) is 45.0 Å². The van der Waals surface area contributed by atoms with E-state index in [1.54, 1.807) is 11.5 Å². The maximum atomic E-state index is 12.3. The Morgan fingerprint density at radius 1 is 1.33 bits per heavy atom. The third-order valence-corrected chi connectivity index (χ3v) is 3.28. The molecular formula is C16H23N3O2. The van der Waals surface area contributed by atoms with Crippen LogP contribution in [0.2, 0.25) is 0 Å². The Bertz CT molecular complexity index is 686. The van der Waals surface area contributed by atoms with Gasteiger partial charge in [-0.05, 0) is 39.8 Å². The number of aliphatic hydroxyl groups is 1. The van der Waals surface area contributed by atoms with Crippen molar-refractivity contribution in [2.45, 2.75) is 45.9 Å². The third kappa shape index (κ3) is 3.89. The van der Waals surface area contributed by atoms with Gasteiger partial charge in [0.1, 0.15) is 5.69 Å². The summed E-state index contributed by atoms with van der Waals surface area (Å²) in [6.45, 7) is 8.51. The summed E-state index contributed by atoms with van der Waals surface area (Å²) in [6, 6.07) is 7.49. The molecule has 114 valence electrons. The van der Waals surface area contributed by atoms with Crippen LogP contribution in [0.25, 0.3) is 11.0 Å². The normalized spacial score (nSPS) is 13.6. The number of fused-ring (bicyclic) bond motifs is 1. The maximum Gasteiger partial charge on any atom is 0.272 e. The van der Waals surface area contributed by atoms with Gasteiger partial charge < -0.3 is 15.0 Å². The van der Waals surface area contributed by atoms with Crippen molar-refractivity contribution in [3.05, 3.63) is 40.3 Å². The van der Waals surface area contributed by atoms with Gasteiger partial charge in [-0.25, -0.2) is 4.98 Å². The van der Waals surface area contributed by atoms with Crippen molar-refractivity contribution in [1.29, 1.82) is 0 Å². The molecule has 0 saturated carbocycles. The number of aromatic nitrogens is 2. The van der Waals surface area contributed by atoms with Crippen molar-refractivity contribution >= 4 is 11.0 Å². The van der Waals surface area contributed by atoms with Gasteiger partial charge in [-0.15, -0.1) is 0 Å². The highest BCUT2D eigenvalue weighted by atomic mass is 16.3. The predicted molar refractivity (Wildman–Crippen MR) is 84.5 cm³/mol. The number of nitrogens with one attached hydrogen (secondary N) is 1. The number of nitrogens with zero attached hydrogens (tertiary/aromatic N) is 2. The predicted octanol–water partition coefficient (Wildman–Crippen LogP) is 1.45. The largest absolute Gasteiger partial charge is 0.390 e. The molecule has 1 aromatic heterocycles. The first-order chi connectivity index (χ1) is 9.78. The van der Waals surface area contributed by atoms with Crippen LogP contribution in [-0.2, 0) is 6.54 Å². The molecule has 0 fully saturated rings. The van der Waals surface area contributed by atoms with E-state index in [-0.39, 0.29) is 17.6 Å². The molecule has 1 atom stereocenters. The Labute approximate surface area is 124 Å². The van der Waals surface area contributed by atoms with Crippen LogP contribution < -0.4 is 10.9 Å². The molecular weight excluding hydrogens is 266 g/mol. The molecule has 2 rings (SSSR count). The molecule has 0 aliphatic carbocycles. The van der Waals surface area contributed by atoms with Gasteiger partial charge in [-0.2, -0.15) is 0 Å². The lowest BCUT2D eigenvalue weighted by atomic mass is 10.1. The minimum absolute atomic E-state index is 0.0673. The summed E-state index contributed by atoms with van der Waals surface area (Å²) < 4.78 is 1.60. The first-order valence-electron chi connectivity index (χ1n) is 7.17. The number of hydrogen-bond acceptors (Lipinski definition) is 4. The summed E-state index contributed by atoms with van der Waals surface area (Å²) in [5.41, 5.74) is 1.75. The Hall–Kier alpha value is -1.72. The van der Waals surface area contributed by atoms with Crippen LogP contribution in [0.5, 0.6) is 0 Å². The number of hydrogen-bond donors (Lipinski definition) is 2. The number of para-hydroxylation sites is 2. The van der Waals surface area contributed by atoms with Crippen molar-refractivity contribution in [1.82, 2.24) is 14.9 Å². The first kappa shape index (κ1) is 15.7. The number of rotatable bonds is 4. The van der Waals surface area contributed by atoms with Crippen molar-refractivity contribution in [2.75, 3.05) is 6.54 Å². The van der Waals surface area contributed by atoms with Crippen molar-refractivity contribution in [3.8, 4) is 0 Å². The Morgan fingerprint density at radius 3 is 2.67 bits per heavy atom. The van der Waals surface area contributed by atoms with Gasteiger partial charge in [0.2, 0.25) is 0 Å². The lowest BCUT2D eigenvalue weighted by molar-refractivity contribution is 0.142. The van der Waals surface area contributed by atoms with Crippen LogP contribution in [0.1, 0.15) is 26.5 Å². The van der Waals surface area contributed by atoms with E-state index >= 15 is 0 Å². The summed E-state index contributed by atoms with van der Waals surface area (Å²) in [7, 11) is 0. The van der Waals surface area contributed by atoms with Gasteiger partial charge in [-0.3, -0.25) is 4.79 Å². The van der Waals surface area contributed by atoms with Crippen LogP contribution in [-0.4, -0.2) is 32.8 Å². The second-order valence-electron chi connectivity index (χ2n) is 6.39. The number of aryl methyl sites for hydroxylation is 1. The van der Waals surface area contributed by atoms with Crippen molar-refractivity contribution in [3.63, 3.8) is 0 Å². The number of benzene rings is 1. The maximum absolute atomic E-state index is 12.3. The molecule has 0 aliphatic heterocycles. The lowest BCUT2D eigenvalue weighted by Gasteiger charge is -2.23. The number of β-amino-alcohol motifs (C(OH)–C–C–N with tert-alkyl or cyclic N) is 1. The zero-order valence-electron chi connectivity index (χ0n) is 13.1. The zero-order chi connectivity index (χ0) is 15.6. The molecule has 0 bridgehead atoms. The molecule has 0 saturated heterocycles. The molecule has 0 aliphatic rings. The quantitative estimate of drug-likeness (QED) is 0.894. The van der Waals surface area contributed by atoms with E-state index < -0.39 is 6.10 Å². The Kier molecular flexibility index (Phi) is 4.44. The molecule has 5 heteroatoms. The minimum atomic E-state index is -0.632. The Morgan fingerprint density at radius 2 is 2.00 bits per heavy atom. The fourth-order valence-electron chi connectivity index (χ4n) is 2.20. The highest BCUT2D eigenvalue weighted by Crippen LogP contribution is 2.10. The lowest BCUT2D eigenvalue weighted by Crippen LogP contribution is -2.43. The van der Waals surface area contributed by atoms with E-state index in [2.05, 4.69) is 10.3 Å². The minimum Gasteiger partial charge on any atom is -0.390 e. The average molecular weight is 289 g/mol. The fourth-order valence-corrected chi connectivity index (χ4v) is 2.20. The molecule has 5 nitrogen and oxygen atoms in total. The summed E-state index contributed by atoms with van der Waals surface area (Å²) in [5, 5.41) is 13.4. The second kappa shape index (κ2) is 5.95. The van der Waals surface area contributed by atoms with Gasteiger partial charge in [-0.1, -0.05) is 12.1 Å². The summed E-state index contributed by atoms with van der Waals surface area (Å²) in [6.07, 6.45) is -0.632. The van der Waals surface area contributed by atoms with Gasteiger partial charge >= 0.3 is 0 Å². The smallest absolute Gasteiger partial charge is 0.272 e. The Balaban J connectivity index is 2.29. The van der Waals surface area contributed by atoms with E-state index in [0.29, 0.717) is 12.2 Å². The summed E-state index contributed by atoms with van der Waals surface area (Å²) in [5.74, 6) is 0. The van der Waals surface area contributed by atoms with Crippen LogP contribution in [0, 0.1) is 6.92 Å². The molecule has 21 heavy (non-hydrogen) atoms. The van der Waals surface area contributed by atoms with E-state index in [9.17, 15) is 9.90 Å². The summed E-state index contributed by atoms with van der Waals surface area (Å²) in [4.78, 5) is 16.6. The van der Waals surface area contributed by atoms with E-state index in [4.69, 9.17) is 0 Å². The van der Waals surface area contributed by atoms with Crippen molar-refractivity contribution in [2.24, 2.45) is 0 Å². The van der Waals surface area contributed by atoms with Gasteiger partial charge in [0.15, 0.2) is 0 Å². The van der Waals surface area contributed by atoms with E-state index in [1.165, 1.54) is 0 Å². The van der Waals surface area contributed by atoms with Crippen molar-refractivity contribution < 1.29 is 5.11 Å². The molecule has 0 amide bonds. The molecule has 2 N–H and O–H groups in total. The number of aliphatic hydroxyl groups excluding tert-OH is 1. The first-order valence-corrected chi connectivity index (χ1v) is 7.17. The molecule has 0 spiro atoms. The van der Waals surface area contributed by atoms with Crippen LogP contribution in [0.15, 0.2) is 29.1 Å². The van der Waals surface area contributed by atoms with Crippen LogP contribution in [0.3, 0.4) is 0 Å². The molecule has 2 aromatic rings. The van der Waals surface area contributed by atoms with E-state index in [0.717, 1.165) is 11.0 Å². The topological polar surface area (TPSA) is 67.2 Å². The SMILES string of the molecule is Cc1nc2ccccc2n(CC(O)CNC(C)(C)C)c1=O. The van der Waals surface area contributed by atoms with Crippen LogP contribution in [0.4, 0.5) is 0 Å². The highest BCUT2D eigenvalue weighted by Gasteiger charge is 2.15. The van der Waals surface area contributed by atoms with Gasteiger partial charge in [0, 0.05) is 12.1 Å². The zero-order valence-corrected chi connectivity index (χ0v) is 13.1. The highest BCUT2D eigenvalue weighted by molar-refractivity contribution is 5.74. The monoisotopic (exact) mass is 289 g/mol. The molecule has 1 unspecified atom stereocenters. The molecule has 1 heterocycles. The fraction of sp³-hybridized carbons (Fsp3) is 0.500. The molecule has 1 aromatic carbocycles. The standard InChI is InChI=1S/C16H23N3O2/c1-11-15(21)19(10-12(20)9-17-16(2,3)4)14-8-6-5-7-13(14)18-11/h5-8,12,17,20H,9-10H2,1-4H3.